The van der Waals surface area contributed by atoms with Gasteiger partial charge in [0.25, 0.3) is 5.69 Å². The molecule has 7 nitrogen and oxygen atoms in total. The molecule has 0 saturated carbocycles. The number of aliphatic hydroxyl groups excluding tert-OH is 1. The largest absolute Gasteiger partial charge is 0.454 e. The maximum Gasteiger partial charge on any atom is 0.282 e. The van der Waals surface area contributed by atoms with Crippen LogP contribution in [0.1, 0.15) is 17.2 Å². The molecular weight excluding hydrogens is 300 g/mol. The Balaban J connectivity index is 1.78. The standard InChI is InChI=1S/C16H14N2O5/c19-14(11-4-2-1-3-5-11)9-17-8-12-6-15-16(23-10-22-15)7-13(12)18(20)21/h1-8,14,19H,9-10H2. The van der Waals surface area contributed by atoms with Crippen LogP contribution in [0, 0.1) is 10.1 Å². The van der Waals surface area contributed by atoms with E-state index in [-0.39, 0.29) is 19.0 Å². The molecule has 0 fully saturated rings. The molecule has 3 rings (SSSR count). The molecule has 0 bridgehead atoms. The normalized spacial score (nSPS) is 14.1. The third-order valence-corrected chi connectivity index (χ3v) is 3.41. The molecule has 1 unspecified atom stereocenters. The van der Waals surface area contributed by atoms with Crippen LogP contribution in [0.4, 0.5) is 5.69 Å². The fraction of sp³-hybridized carbons (Fsp3) is 0.188. The second-order valence-electron chi connectivity index (χ2n) is 4.94. The van der Waals surface area contributed by atoms with Crippen LogP contribution in [-0.4, -0.2) is 29.6 Å². The van der Waals surface area contributed by atoms with Gasteiger partial charge < -0.3 is 14.6 Å². The van der Waals surface area contributed by atoms with E-state index in [0.717, 1.165) is 5.56 Å². The van der Waals surface area contributed by atoms with Gasteiger partial charge in [-0.3, -0.25) is 15.1 Å². The molecule has 118 valence electrons. The number of nitro benzene ring substituents is 1. The van der Waals surface area contributed by atoms with E-state index in [4.69, 9.17) is 9.47 Å². The van der Waals surface area contributed by atoms with E-state index >= 15 is 0 Å². The first-order valence-corrected chi connectivity index (χ1v) is 6.96. The second kappa shape index (κ2) is 6.45. The number of hydrogen-bond donors (Lipinski definition) is 1. The zero-order chi connectivity index (χ0) is 16.2. The minimum absolute atomic E-state index is 0.0415. The van der Waals surface area contributed by atoms with Gasteiger partial charge in [0, 0.05) is 6.21 Å². The summed E-state index contributed by atoms with van der Waals surface area (Å²) in [7, 11) is 0. The first-order valence-electron chi connectivity index (χ1n) is 6.96. The van der Waals surface area contributed by atoms with Crippen LogP contribution < -0.4 is 9.47 Å². The van der Waals surface area contributed by atoms with Gasteiger partial charge in [0.05, 0.1) is 29.2 Å². The Bertz CT molecular complexity index is 746. The first kappa shape index (κ1) is 15.0. The zero-order valence-electron chi connectivity index (χ0n) is 12.1. The molecule has 7 heteroatoms. The van der Waals surface area contributed by atoms with E-state index in [0.29, 0.717) is 17.1 Å². The Morgan fingerprint density at radius 3 is 2.65 bits per heavy atom. The number of nitrogens with zero attached hydrogens (tertiary/aromatic N) is 2. The lowest BCUT2D eigenvalue weighted by Gasteiger charge is -2.07. The summed E-state index contributed by atoms with van der Waals surface area (Å²) in [6.07, 6.45) is 0.604. The summed E-state index contributed by atoms with van der Waals surface area (Å²) in [5.74, 6) is 0.791. The van der Waals surface area contributed by atoms with Crippen LogP contribution in [0.2, 0.25) is 0 Å². The van der Waals surface area contributed by atoms with Gasteiger partial charge in [-0.25, -0.2) is 0 Å². The molecule has 0 amide bonds. The lowest BCUT2D eigenvalue weighted by molar-refractivity contribution is -0.385. The number of fused-ring (bicyclic) bond motifs is 1. The third-order valence-electron chi connectivity index (χ3n) is 3.41. The molecule has 23 heavy (non-hydrogen) atoms. The molecule has 0 saturated heterocycles. The van der Waals surface area contributed by atoms with Crippen molar-refractivity contribution in [1.82, 2.24) is 0 Å². The van der Waals surface area contributed by atoms with Crippen molar-refractivity contribution in [3.05, 3.63) is 63.7 Å². The minimum Gasteiger partial charge on any atom is -0.454 e. The fourth-order valence-corrected chi connectivity index (χ4v) is 2.24. The zero-order valence-corrected chi connectivity index (χ0v) is 12.1. The van der Waals surface area contributed by atoms with Crippen molar-refractivity contribution in [2.75, 3.05) is 13.3 Å². The third kappa shape index (κ3) is 3.29. The topological polar surface area (TPSA) is 94.2 Å². The van der Waals surface area contributed by atoms with E-state index in [9.17, 15) is 15.2 Å². The summed E-state index contributed by atoms with van der Waals surface area (Å²) in [5, 5.41) is 21.2. The summed E-state index contributed by atoms with van der Waals surface area (Å²) in [6, 6.07) is 11.9. The van der Waals surface area contributed by atoms with Crippen molar-refractivity contribution >= 4 is 11.9 Å². The van der Waals surface area contributed by atoms with Gasteiger partial charge in [-0.2, -0.15) is 0 Å². The fourth-order valence-electron chi connectivity index (χ4n) is 2.24. The summed E-state index contributed by atoms with van der Waals surface area (Å²) in [6.45, 7) is 0.148. The Kier molecular flexibility index (Phi) is 4.20. The number of nitro groups is 1. The molecule has 0 spiro atoms. The van der Waals surface area contributed by atoms with Gasteiger partial charge in [0.2, 0.25) is 6.79 Å². The first-order chi connectivity index (χ1) is 11.1. The SMILES string of the molecule is O=[N+]([O-])c1cc2c(cc1C=NCC(O)c1ccccc1)OCO2. The maximum absolute atomic E-state index is 11.1. The smallest absolute Gasteiger partial charge is 0.282 e. The molecule has 1 aliphatic heterocycles. The van der Waals surface area contributed by atoms with Gasteiger partial charge >= 0.3 is 0 Å². The number of hydrogen-bond acceptors (Lipinski definition) is 6. The van der Waals surface area contributed by atoms with Crippen molar-refractivity contribution in [2.24, 2.45) is 4.99 Å². The Morgan fingerprint density at radius 2 is 1.96 bits per heavy atom. The van der Waals surface area contributed by atoms with Crippen LogP contribution in [0.25, 0.3) is 0 Å². The van der Waals surface area contributed by atoms with Crippen molar-refractivity contribution in [3.8, 4) is 11.5 Å². The van der Waals surface area contributed by atoms with Gasteiger partial charge in [-0.1, -0.05) is 30.3 Å². The van der Waals surface area contributed by atoms with Gasteiger partial charge in [0.1, 0.15) is 0 Å². The molecule has 1 atom stereocenters. The predicted molar refractivity (Wildman–Crippen MR) is 83.1 cm³/mol. The quantitative estimate of drug-likeness (QED) is 0.520. The molecule has 0 radical (unpaired) electrons. The number of ether oxygens (including phenoxy) is 2. The van der Waals surface area contributed by atoms with E-state index in [1.54, 1.807) is 12.1 Å². The highest BCUT2D eigenvalue weighted by molar-refractivity contribution is 5.87. The van der Waals surface area contributed by atoms with Gasteiger partial charge in [-0.05, 0) is 11.6 Å². The highest BCUT2D eigenvalue weighted by Gasteiger charge is 2.22. The van der Waals surface area contributed by atoms with Gasteiger partial charge in [0.15, 0.2) is 11.5 Å². The van der Waals surface area contributed by atoms with Gasteiger partial charge in [-0.15, -0.1) is 0 Å². The van der Waals surface area contributed by atoms with Crippen LogP contribution in [0.15, 0.2) is 47.5 Å². The van der Waals surface area contributed by atoms with Crippen LogP contribution in [0.5, 0.6) is 11.5 Å². The highest BCUT2D eigenvalue weighted by atomic mass is 16.7. The molecule has 2 aromatic carbocycles. The predicted octanol–water partition coefficient (Wildman–Crippen LogP) is 2.48. The van der Waals surface area contributed by atoms with Crippen molar-refractivity contribution in [2.45, 2.75) is 6.10 Å². The van der Waals surface area contributed by atoms with Crippen molar-refractivity contribution in [1.29, 1.82) is 0 Å². The number of rotatable bonds is 5. The molecular formula is C16H14N2O5. The minimum atomic E-state index is -0.763. The number of aliphatic imine (C=N–C) groups is 1. The summed E-state index contributed by atoms with van der Waals surface area (Å²) in [4.78, 5) is 14.7. The lowest BCUT2D eigenvalue weighted by Crippen LogP contribution is -2.02. The lowest BCUT2D eigenvalue weighted by atomic mass is 10.1. The molecule has 1 heterocycles. The Morgan fingerprint density at radius 1 is 1.26 bits per heavy atom. The van der Waals surface area contributed by atoms with E-state index in [2.05, 4.69) is 4.99 Å². The van der Waals surface area contributed by atoms with Crippen molar-refractivity contribution in [3.63, 3.8) is 0 Å². The molecule has 0 aromatic heterocycles. The summed E-state index contributed by atoms with van der Waals surface area (Å²) in [5.41, 5.74) is 0.927. The molecule has 1 aliphatic rings. The van der Waals surface area contributed by atoms with Crippen LogP contribution >= 0.6 is 0 Å². The summed E-state index contributed by atoms with van der Waals surface area (Å²) < 4.78 is 10.3. The Hall–Kier alpha value is -2.93. The average molecular weight is 314 g/mol. The molecule has 0 aliphatic carbocycles. The monoisotopic (exact) mass is 314 g/mol. The van der Waals surface area contributed by atoms with E-state index in [1.807, 2.05) is 18.2 Å². The molecule has 2 aromatic rings. The number of aliphatic hydroxyl groups is 1. The Labute approximate surface area is 132 Å². The van der Waals surface area contributed by atoms with Crippen LogP contribution in [0.3, 0.4) is 0 Å². The number of benzene rings is 2. The molecule has 1 N–H and O–H groups in total. The second-order valence-corrected chi connectivity index (χ2v) is 4.94. The van der Waals surface area contributed by atoms with Crippen LogP contribution in [-0.2, 0) is 0 Å². The highest BCUT2D eigenvalue weighted by Crippen LogP contribution is 2.37. The van der Waals surface area contributed by atoms with Crippen molar-refractivity contribution < 1.29 is 19.5 Å². The van der Waals surface area contributed by atoms with E-state index < -0.39 is 11.0 Å². The average Bonchev–Trinajstić information content (AvgIpc) is 3.02. The van der Waals surface area contributed by atoms with E-state index in [1.165, 1.54) is 18.3 Å². The summed E-state index contributed by atoms with van der Waals surface area (Å²) >= 11 is 0. The maximum atomic E-state index is 11.1.